The molecular formula is C18H21FN2O5. The Morgan fingerprint density at radius 3 is 2.73 bits per heavy atom. The molecule has 2 heterocycles. The Morgan fingerprint density at radius 1 is 1.38 bits per heavy atom. The van der Waals surface area contributed by atoms with Crippen molar-refractivity contribution in [3.8, 4) is 5.75 Å². The molecule has 2 unspecified atom stereocenters. The summed E-state index contributed by atoms with van der Waals surface area (Å²) in [6.45, 7) is 1.63. The van der Waals surface area contributed by atoms with E-state index in [-0.39, 0.29) is 37.7 Å². The van der Waals surface area contributed by atoms with E-state index in [0.717, 1.165) is 5.56 Å². The summed E-state index contributed by atoms with van der Waals surface area (Å²) < 4.78 is 19.5. The van der Waals surface area contributed by atoms with Gasteiger partial charge in [-0.1, -0.05) is 6.07 Å². The zero-order valence-corrected chi connectivity index (χ0v) is 14.7. The number of carboxylic acid groups (broad SMARTS) is 1. The van der Waals surface area contributed by atoms with E-state index in [1.54, 1.807) is 6.07 Å². The van der Waals surface area contributed by atoms with Crippen molar-refractivity contribution in [3.05, 3.63) is 23.8 Å². The molecule has 2 atom stereocenters. The lowest BCUT2D eigenvalue weighted by atomic mass is 10.1. The quantitative estimate of drug-likeness (QED) is 0.872. The second-order valence-electron chi connectivity index (χ2n) is 6.86. The van der Waals surface area contributed by atoms with Gasteiger partial charge >= 0.3 is 5.97 Å². The number of hydrogen-bond donors (Lipinski definition) is 1. The van der Waals surface area contributed by atoms with Gasteiger partial charge < -0.3 is 19.6 Å². The van der Waals surface area contributed by atoms with E-state index in [2.05, 4.69) is 0 Å². The van der Waals surface area contributed by atoms with E-state index in [1.807, 2.05) is 19.1 Å². The highest BCUT2D eigenvalue weighted by molar-refractivity contribution is 6.01. The average Bonchev–Trinajstić information content (AvgIpc) is 3.18. The van der Waals surface area contributed by atoms with Crippen LogP contribution in [0.5, 0.6) is 5.75 Å². The SMILES string of the molecule is COc1ccc(C)cc1N1CC(C(=O)N2CCC(F)(C(=O)O)C2)CC1=O. The van der Waals surface area contributed by atoms with Gasteiger partial charge in [0.1, 0.15) is 5.75 Å². The van der Waals surface area contributed by atoms with Crippen molar-refractivity contribution in [2.45, 2.75) is 25.4 Å². The number of anilines is 1. The Hall–Kier alpha value is -2.64. The minimum Gasteiger partial charge on any atom is -0.495 e. The zero-order chi connectivity index (χ0) is 19.1. The number of likely N-dealkylation sites (tertiary alicyclic amines) is 1. The first kappa shape index (κ1) is 18.2. The molecule has 8 heteroatoms. The number of methoxy groups -OCH3 is 1. The van der Waals surface area contributed by atoms with Crippen molar-refractivity contribution in [2.75, 3.05) is 31.6 Å². The summed E-state index contributed by atoms with van der Waals surface area (Å²) >= 11 is 0. The molecule has 1 aromatic carbocycles. The van der Waals surface area contributed by atoms with Gasteiger partial charge in [-0.2, -0.15) is 0 Å². The molecule has 7 nitrogen and oxygen atoms in total. The van der Waals surface area contributed by atoms with E-state index < -0.39 is 24.1 Å². The predicted molar refractivity (Wildman–Crippen MR) is 90.9 cm³/mol. The number of aryl methyl sites for hydroxylation is 1. The summed E-state index contributed by atoms with van der Waals surface area (Å²) in [5.74, 6) is -2.23. The standard InChI is InChI=1S/C18H21FN2O5/c1-11-3-4-14(26-2)13(7-11)21-9-12(8-15(21)22)16(23)20-6-5-18(19,10-20)17(24)25/h3-4,7,12H,5-6,8-10H2,1-2H3,(H,24,25). The highest BCUT2D eigenvalue weighted by atomic mass is 19.1. The molecule has 0 bridgehead atoms. The molecular weight excluding hydrogens is 343 g/mol. The van der Waals surface area contributed by atoms with Crippen LogP contribution in [-0.4, -0.2) is 60.2 Å². The second kappa shape index (κ2) is 6.59. The van der Waals surface area contributed by atoms with Crippen LogP contribution >= 0.6 is 0 Å². The first-order valence-corrected chi connectivity index (χ1v) is 8.41. The predicted octanol–water partition coefficient (Wildman–Crippen LogP) is 1.38. The van der Waals surface area contributed by atoms with Crippen LogP contribution in [0, 0.1) is 12.8 Å². The molecule has 1 N–H and O–H groups in total. The van der Waals surface area contributed by atoms with Crippen molar-refractivity contribution >= 4 is 23.5 Å². The lowest BCUT2D eigenvalue weighted by molar-refractivity contribution is -0.150. The number of rotatable bonds is 4. The van der Waals surface area contributed by atoms with Gasteiger partial charge in [0.05, 0.1) is 25.3 Å². The van der Waals surface area contributed by atoms with Crippen LogP contribution in [0.25, 0.3) is 0 Å². The van der Waals surface area contributed by atoms with E-state index in [4.69, 9.17) is 9.84 Å². The number of amides is 2. The number of alkyl halides is 1. The first-order chi connectivity index (χ1) is 12.2. The van der Waals surface area contributed by atoms with Crippen LogP contribution in [0.4, 0.5) is 10.1 Å². The molecule has 140 valence electrons. The molecule has 2 amide bonds. The largest absolute Gasteiger partial charge is 0.495 e. The van der Waals surface area contributed by atoms with E-state index >= 15 is 0 Å². The number of aliphatic carboxylic acids is 1. The van der Waals surface area contributed by atoms with Crippen LogP contribution in [0.15, 0.2) is 18.2 Å². The highest BCUT2D eigenvalue weighted by Crippen LogP contribution is 2.35. The number of hydrogen-bond acceptors (Lipinski definition) is 4. The third kappa shape index (κ3) is 3.11. The Balaban J connectivity index is 1.75. The number of carboxylic acids is 1. The fourth-order valence-corrected chi connectivity index (χ4v) is 3.51. The van der Waals surface area contributed by atoms with Crippen LogP contribution in [0.2, 0.25) is 0 Å². The van der Waals surface area contributed by atoms with Gasteiger partial charge in [-0.25, -0.2) is 9.18 Å². The third-order valence-electron chi connectivity index (χ3n) is 5.01. The van der Waals surface area contributed by atoms with E-state index in [0.29, 0.717) is 11.4 Å². The number of carbonyl (C=O) groups is 3. The molecule has 0 aliphatic carbocycles. The fourth-order valence-electron chi connectivity index (χ4n) is 3.51. The number of benzene rings is 1. The van der Waals surface area contributed by atoms with E-state index in [9.17, 15) is 18.8 Å². The molecule has 0 radical (unpaired) electrons. The van der Waals surface area contributed by atoms with Crippen LogP contribution in [0.3, 0.4) is 0 Å². The van der Waals surface area contributed by atoms with Gasteiger partial charge in [-0.3, -0.25) is 9.59 Å². The summed E-state index contributed by atoms with van der Waals surface area (Å²) in [4.78, 5) is 38.8. The Labute approximate surface area is 150 Å². The lowest BCUT2D eigenvalue weighted by Crippen LogP contribution is -2.41. The number of nitrogens with zero attached hydrogens (tertiary/aromatic N) is 2. The molecule has 1 aromatic rings. The summed E-state index contributed by atoms with van der Waals surface area (Å²) in [5.41, 5.74) is -0.858. The smallest absolute Gasteiger partial charge is 0.343 e. The molecule has 3 rings (SSSR count). The normalized spacial score (nSPS) is 25.7. The minimum absolute atomic E-state index is 0.0127. The average molecular weight is 364 g/mol. The Bertz CT molecular complexity index is 768. The summed E-state index contributed by atoms with van der Waals surface area (Å²) in [6.07, 6.45) is -0.219. The highest BCUT2D eigenvalue weighted by Gasteiger charge is 2.49. The zero-order valence-electron chi connectivity index (χ0n) is 14.7. The minimum atomic E-state index is -2.41. The maximum absolute atomic E-state index is 14.2. The second-order valence-corrected chi connectivity index (χ2v) is 6.86. The van der Waals surface area contributed by atoms with Crippen LogP contribution in [-0.2, 0) is 14.4 Å². The topological polar surface area (TPSA) is 87.2 Å². The maximum Gasteiger partial charge on any atom is 0.343 e. The summed E-state index contributed by atoms with van der Waals surface area (Å²) in [7, 11) is 1.51. The molecule has 0 aromatic heterocycles. The van der Waals surface area contributed by atoms with Gasteiger partial charge in [-0.15, -0.1) is 0 Å². The van der Waals surface area contributed by atoms with Gasteiger partial charge in [-0.05, 0) is 24.6 Å². The van der Waals surface area contributed by atoms with Crippen molar-refractivity contribution < 1.29 is 28.6 Å². The van der Waals surface area contributed by atoms with Gasteiger partial charge in [0.25, 0.3) is 0 Å². The number of carbonyl (C=O) groups excluding carboxylic acids is 2. The Morgan fingerprint density at radius 2 is 2.12 bits per heavy atom. The van der Waals surface area contributed by atoms with Crippen molar-refractivity contribution in [3.63, 3.8) is 0 Å². The number of ether oxygens (including phenoxy) is 1. The summed E-state index contributed by atoms with van der Waals surface area (Å²) in [5, 5.41) is 8.96. The molecule has 2 fully saturated rings. The first-order valence-electron chi connectivity index (χ1n) is 8.41. The Kier molecular flexibility index (Phi) is 4.60. The number of halogens is 1. The molecule has 0 spiro atoms. The van der Waals surface area contributed by atoms with Gasteiger partial charge in [0.2, 0.25) is 17.5 Å². The monoisotopic (exact) mass is 364 g/mol. The maximum atomic E-state index is 14.2. The van der Waals surface area contributed by atoms with Crippen molar-refractivity contribution in [2.24, 2.45) is 5.92 Å². The van der Waals surface area contributed by atoms with Crippen molar-refractivity contribution in [1.82, 2.24) is 4.90 Å². The molecule has 2 aliphatic rings. The van der Waals surface area contributed by atoms with Crippen LogP contribution in [0.1, 0.15) is 18.4 Å². The summed E-state index contributed by atoms with van der Waals surface area (Å²) in [6, 6.07) is 5.44. The molecule has 2 saturated heterocycles. The third-order valence-corrected chi connectivity index (χ3v) is 5.01. The van der Waals surface area contributed by atoms with E-state index in [1.165, 1.54) is 16.9 Å². The molecule has 0 saturated carbocycles. The van der Waals surface area contributed by atoms with Crippen LogP contribution < -0.4 is 9.64 Å². The fraction of sp³-hybridized carbons (Fsp3) is 0.500. The van der Waals surface area contributed by atoms with Crippen molar-refractivity contribution in [1.29, 1.82) is 0 Å². The van der Waals surface area contributed by atoms with Gasteiger partial charge in [0, 0.05) is 25.9 Å². The van der Waals surface area contributed by atoms with Gasteiger partial charge in [0.15, 0.2) is 0 Å². The lowest BCUT2D eigenvalue weighted by Gasteiger charge is -2.22. The molecule has 26 heavy (non-hydrogen) atoms. The molecule has 2 aliphatic heterocycles.